The molecule has 2 N–H and O–H groups in total. The van der Waals surface area contributed by atoms with E-state index in [0.717, 1.165) is 25.9 Å². The summed E-state index contributed by atoms with van der Waals surface area (Å²) in [4.78, 5) is 14.6. The van der Waals surface area contributed by atoms with Crippen molar-refractivity contribution in [2.24, 2.45) is 7.05 Å². The molecule has 114 valence electrons. The molecule has 0 aliphatic heterocycles. The van der Waals surface area contributed by atoms with Crippen LogP contribution in [-0.2, 0) is 7.05 Å². The maximum Gasteiger partial charge on any atom is 0.270 e. The van der Waals surface area contributed by atoms with E-state index in [1.165, 1.54) is 25.7 Å². The van der Waals surface area contributed by atoms with Crippen LogP contribution < -0.4 is 5.73 Å². The number of nitrogen functional groups attached to an aromatic ring is 1. The number of nitrogens with two attached hydrogens (primary N) is 1. The molecule has 0 aliphatic carbocycles. The Morgan fingerprint density at radius 1 is 1.15 bits per heavy atom. The van der Waals surface area contributed by atoms with Crippen LogP contribution >= 0.6 is 0 Å². The summed E-state index contributed by atoms with van der Waals surface area (Å²) < 4.78 is 1.82. The van der Waals surface area contributed by atoms with Crippen molar-refractivity contribution in [1.82, 2.24) is 9.47 Å². The maximum atomic E-state index is 12.6. The molecule has 0 saturated carbocycles. The minimum Gasteiger partial charge on any atom is -0.397 e. The van der Waals surface area contributed by atoms with Gasteiger partial charge in [-0.25, -0.2) is 0 Å². The highest BCUT2D eigenvalue weighted by Gasteiger charge is 2.18. The summed E-state index contributed by atoms with van der Waals surface area (Å²) in [5, 5.41) is 0. The number of hydrogen-bond donors (Lipinski definition) is 1. The van der Waals surface area contributed by atoms with Crippen LogP contribution in [0, 0.1) is 0 Å². The lowest BCUT2D eigenvalue weighted by Gasteiger charge is -2.23. The van der Waals surface area contributed by atoms with E-state index in [1.807, 2.05) is 16.5 Å². The number of rotatable bonds is 9. The second kappa shape index (κ2) is 8.67. The largest absolute Gasteiger partial charge is 0.397 e. The van der Waals surface area contributed by atoms with E-state index >= 15 is 0 Å². The van der Waals surface area contributed by atoms with Gasteiger partial charge < -0.3 is 15.2 Å². The average Bonchev–Trinajstić information content (AvgIpc) is 2.75. The first-order valence-corrected chi connectivity index (χ1v) is 7.81. The Balaban J connectivity index is 2.69. The van der Waals surface area contributed by atoms with Gasteiger partial charge in [0.05, 0.1) is 5.69 Å². The molecule has 0 radical (unpaired) electrons. The summed E-state index contributed by atoms with van der Waals surface area (Å²) in [6.45, 7) is 6.06. The number of amides is 1. The van der Waals surface area contributed by atoms with Crippen molar-refractivity contribution in [3.05, 3.63) is 18.0 Å². The number of carbonyl (C=O) groups excluding carboxylic acids is 1. The van der Waals surface area contributed by atoms with Gasteiger partial charge in [0.2, 0.25) is 0 Å². The van der Waals surface area contributed by atoms with E-state index in [9.17, 15) is 4.79 Å². The molecule has 0 saturated heterocycles. The third-order valence-corrected chi connectivity index (χ3v) is 3.60. The lowest BCUT2D eigenvalue weighted by Crippen LogP contribution is -2.34. The van der Waals surface area contributed by atoms with E-state index in [0.29, 0.717) is 11.4 Å². The third-order valence-electron chi connectivity index (χ3n) is 3.60. The molecule has 4 nitrogen and oxygen atoms in total. The number of carbonyl (C=O) groups is 1. The Kier molecular flexibility index (Phi) is 7.20. The Morgan fingerprint density at radius 3 is 2.10 bits per heavy atom. The molecule has 0 unspecified atom stereocenters. The van der Waals surface area contributed by atoms with Gasteiger partial charge in [-0.3, -0.25) is 4.79 Å². The molecule has 0 bridgehead atoms. The highest BCUT2D eigenvalue weighted by molar-refractivity contribution is 5.93. The number of aromatic nitrogens is 1. The fourth-order valence-corrected chi connectivity index (χ4v) is 2.38. The minimum atomic E-state index is 0.108. The van der Waals surface area contributed by atoms with E-state index < -0.39 is 0 Å². The molecule has 20 heavy (non-hydrogen) atoms. The lowest BCUT2D eigenvalue weighted by atomic mass is 10.2. The van der Waals surface area contributed by atoms with E-state index in [4.69, 9.17) is 5.73 Å². The molecule has 0 atom stereocenters. The quantitative estimate of drug-likeness (QED) is 0.704. The smallest absolute Gasteiger partial charge is 0.270 e. The van der Waals surface area contributed by atoms with Crippen LogP contribution in [0.25, 0.3) is 0 Å². The molecule has 0 spiro atoms. The second-order valence-electron chi connectivity index (χ2n) is 5.48. The van der Waals surface area contributed by atoms with Gasteiger partial charge in [-0.15, -0.1) is 0 Å². The number of hydrogen-bond acceptors (Lipinski definition) is 2. The van der Waals surface area contributed by atoms with Gasteiger partial charge in [0, 0.05) is 26.3 Å². The Bertz CT molecular complexity index is 402. The first-order valence-electron chi connectivity index (χ1n) is 7.81. The third kappa shape index (κ3) is 4.91. The molecular weight excluding hydrogens is 250 g/mol. The van der Waals surface area contributed by atoms with Gasteiger partial charge in [0.25, 0.3) is 5.91 Å². The SMILES string of the molecule is CCCCCN(CCCCC)C(=O)c1cc(N)cn1C. The summed E-state index contributed by atoms with van der Waals surface area (Å²) in [5.74, 6) is 0.108. The van der Waals surface area contributed by atoms with E-state index in [2.05, 4.69) is 13.8 Å². The fourth-order valence-electron chi connectivity index (χ4n) is 2.38. The molecule has 0 fully saturated rings. The van der Waals surface area contributed by atoms with Crippen molar-refractivity contribution < 1.29 is 4.79 Å². The standard InChI is InChI=1S/C16H29N3O/c1-4-6-8-10-19(11-9-7-5-2)16(20)15-12-14(17)13-18(15)3/h12-13H,4-11,17H2,1-3H3. The van der Waals surface area contributed by atoms with E-state index in [1.54, 1.807) is 12.3 Å². The minimum absolute atomic E-state index is 0.108. The summed E-state index contributed by atoms with van der Waals surface area (Å²) in [7, 11) is 1.87. The summed E-state index contributed by atoms with van der Waals surface area (Å²) in [6, 6.07) is 1.77. The number of anilines is 1. The molecule has 1 rings (SSSR count). The zero-order valence-electron chi connectivity index (χ0n) is 13.2. The molecular formula is C16H29N3O. The van der Waals surface area contributed by atoms with Crippen molar-refractivity contribution in [3.8, 4) is 0 Å². The van der Waals surface area contributed by atoms with Gasteiger partial charge in [-0.05, 0) is 18.9 Å². The van der Waals surface area contributed by atoms with Crippen LogP contribution in [0.1, 0.15) is 62.9 Å². The Labute approximate surface area is 122 Å². The predicted molar refractivity (Wildman–Crippen MR) is 84.8 cm³/mol. The van der Waals surface area contributed by atoms with Gasteiger partial charge in [0.1, 0.15) is 5.69 Å². The van der Waals surface area contributed by atoms with Crippen molar-refractivity contribution in [3.63, 3.8) is 0 Å². The van der Waals surface area contributed by atoms with Crippen molar-refractivity contribution >= 4 is 11.6 Å². The summed E-state index contributed by atoms with van der Waals surface area (Å²) in [5.41, 5.74) is 7.11. The molecule has 1 aromatic rings. The molecule has 0 aliphatic rings. The zero-order chi connectivity index (χ0) is 15.0. The molecule has 1 aromatic heterocycles. The van der Waals surface area contributed by atoms with Crippen molar-refractivity contribution in [2.75, 3.05) is 18.8 Å². The molecule has 0 aromatic carbocycles. The van der Waals surface area contributed by atoms with Gasteiger partial charge in [-0.2, -0.15) is 0 Å². The van der Waals surface area contributed by atoms with E-state index in [-0.39, 0.29) is 5.91 Å². The summed E-state index contributed by atoms with van der Waals surface area (Å²) in [6.07, 6.45) is 8.65. The molecule has 1 amide bonds. The normalized spacial score (nSPS) is 10.8. The molecule has 4 heteroatoms. The molecule has 1 heterocycles. The van der Waals surface area contributed by atoms with Crippen LogP contribution in [0.15, 0.2) is 12.3 Å². The maximum absolute atomic E-state index is 12.6. The number of aryl methyl sites for hydroxylation is 1. The highest BCUT2D eigenvalue weighted by Crippen LogP contribution is 2.13. The predicted octanol–water partition coefficient (Wildman–Crippen LogP) is 3.43. The number of unbranched alkanes of at least 4 members (excludes halogenated alkanes) is 4. The van der Waals surface area contributed by atoms with Gasteiger partial charge in [0.15, 0.2) is 0 Å². The van der Waals surface area contributed by atoms with Gasteiger partial charge >= 0.3 is 0 Å². The fraction of sp³-hybridized carbons (Fsp3) is 0.688. The zero-order valence-corrected chi connectivity index (χ0v) is 13.2. The van der Waals surface area contributed by atoms with Crippen LogP contribution in [0.4, 0.5) is 5.69 Å². The Morgan fingerprint density at radius 2 is 1.70 bits per heavy atom. The second-order valence-corrected chi connectivity index (χ2v) is 5.48. The van der Waals surface area contributed by atoms with Crippen molar-refractivity contribution in [2.45, 2.75) is 52.4 Å². The van der Waals surface area contributed by atoms with Crippen LogP contribution in [-0.4, -0.2) is 28.5 Å². The topological polar surface area (TPSA) is 51.3 Å². The van der Waals surface area contributed by atoms with Crippen molar-refractivity contribution in [1.29, 1.82) is 0 Å². The first-order chi connectivity index (χ1) is 9.60. The van der Waals surface area contributed by atoms with Crippen LogP contribution in [0.2, 0.25) is 0 Å². The highest BCUT2D eigenvalue weighted by atomic mass is 16.2. The average molecular weight is 279 g/mol. The number of nitrogens with zero attached hydrogens (tertiary/aromatic N) is 2. The first kappa shape index (κ1) is 16.6. The monoisotopic (exact) mass is 279 g/mol. The van der Waals surface area contributed by atoms with Gasteiger partial charge in [-0.1, -0.05) is 39.5 Å². The Hall–Kier alpha value is -1.45. The lowest BCUT2D eigenvalue weighted by molar-refractivity contribution is 0.0740. The van der Waals surface area contributed by atoms with Crippen LogP contribution in [0.3, 0.4) is 0 Å². The summed E-state index contributed by atoms with van der Waals surface area (Å²) >= 11 is 0. The van der Waals surface area contributed by atoms with Crippen LogP contribution in [0.5, 0.6) is 0 Å².